The Labute approximate surface area is 179 Å². The Morgan fingerprint density at radius 3 is 2.13 bits per heavy atom. The minimum absolute atomic E-state index is 0.0270. The number of methoxy groups -OCH3 is 1. The van der Waals surface area contributed by atoms with Gasteiger partial charge in [-0.15, -0.1) is 0 Å². The normalized spacial score (nSPS) is 10.9. The molecule has 2 aromatic carbocycles. The molecule has 0 saturated heterocycles. The standard InChI is InChI=1S/C21H19N3O6S/c1-14-3-9-18(10-4-14)31(27,28)24-21-22-11-16(12-23-21)20(26)30-13-19(25)15-5-7-17(29-2)8-6-15/h3-12H,13H2,1-2H3,(H,22,23,24). The average molecular weight is 441 g/mol. The highest BCUT2D eigenvalue weighted by atomic mass is 32.2. The van der Waals surface area contributed by atoms with Gasteiger partial charge in [0, 0.05) is 18.0 Å². The number of carbonyl (C=O) groups excluding carboxylic acids is 2. The molecule has 0 radical (unpaired) electrons. The van der Waals surface area contributed by atoms with E-state index in [1.807, 2.05) is 6.92 Å². The molecule has 1 heterocycles. The molecule has 3 rings (SSSR count). The van der Waals surface area contributed by atoms with Crippen LogP contribution >= 0.6 is 0 Å². The first kappa shape index (κ1) is 21.9. The van der Waals surface area contributed by atoms with Gasteiger partial charge < -0.3 is 9.47 Å². The Morgan fingerprint density at radius 1 is 0.935 bits per heavy atom. The molecule has 0 bridgehead atoms. The van der Waals surface area contributed by atoms with Crippen LogP contribution in [0.1, 0.15) is 26.3 Å². The highest BCUT2D eigenvalue weighted by molar-refractivity contribution is 7.92. The van der Waals surface area contributed by atoms with Gasteiger partial charge in [0.05, 0.1) is 17.6 Å². The number of ether oxygens (including phenoxy) is 2. The predicted octanol–water partition coefficient (Wildman–Crippen LogP) is 2.63. The number of sulfonamides is 1. The largest absolute Gasteiger partial charge is 0.497 e. The first-order chi connectivity index (χ1) is 14.8. The van der Waals surface area contributed by atoms with Crippen molar-refractivity contribution in [3.8, 4) is 5.75 Å². The number of rotatable bonds is 8. The fraction of sp³-hybridized carbons (Fsp3) is 0.143. The maximum absolute atomic E-state index is 12.4. The first-order valence-corrected chi connectivity index (χ1v) is 10.5. The third kappa shape index (κ3) is 5.64. The van der Waals surface area contributed by atoms with Crippen molar-refractivity contribution < 1.29 is 27.5 Å². The van der Waals surface area contributed by atoms with Gasteiger partial charge in [-0.3, -0.25) is 4.79 Å². The van der Waals surface area contributed by atoms with E-state index in [4.69, 9.17) is 9.47 Å². The zero-order chi connectivity index (χ0) is 22.4. The zero-order valence-corrected chi connectivity index (χ0v) is 17.5. The van der Waals surface area contributed by atoms with E-state index < -0.39 is 22.6 Å². The topological polar surface area (TPSA) is 125 Å². The molecule has 160 valence electrons. The van der Waals surface area contributed by atoms with Crippen LogP contribution in [-0.2, 0) is 14.8 Å². The summed E-state index contributed by atoms with van der Waals surface area (Å²) in [7, 11) is -2.35. The third-order valence-corrected chi connectivity index (χ3v) is 5.53. The number of ketones is 1. The summed E-state index contributed by atoms with van der Waals surface area (Å²) >= 11 is 0. The number of nitrogens with one attached hydrogen (secondary N) is 1. The second kappa shape index (κ2) is 9.35. The number of esters is 1. The minimum atomic E-state index is -3.87. The molecule has 3 aromatic rings. The van der Waals surface area contributed by atoms with Crippen molar-refractivity contribution in [2.24, 2.45) is 0 Å². The fourth-order valence-electron chi connectivity index (χ4n) is 2.46. The van der Waals surface area contributed by atoms with Crippen molar-refractivity contribution in [3.05, 3.63) is 77.6 Å². The van der Waals surface area contributed by atoms with Crippen LogP contribution in [0.2, 0.25) is 0 Å². The van der Waals surface area contributed by atoms with E-state index in [2.05, 4.69) is 14.7 Å². The summed E-state index contributed by atoms with van der Waals surface area (Å²) in [5, 5.41) is 0. The van der Waals surface area contributed by atoms with Gasteiger partial charge in [-0.05, 0) is 43.3 Å². The van der Waals surface area contributed by atoms with Gasteiger partial charge in [-0.25, -0.2) is 27.9 Å². The SMILES string of the molecule is COc1ccc(C(=O)COC(=O)c2cnc(NS(=O)(=O)c3ccc(C)cc3)nc2)cc1. The van der Waals surface area contributed by atoms with Crippen LogP contribution in [0.15, 0.2) is 65.8 Å². The molecule has 0 atom stereocenters. The van der Waals surface area contributed by atoms with Crippen LogP contribution in [0.5, 0.6) is 5.75 Å². The van der Waals surface area contributed by atoms with Gasteiger partial charge in [0.1, 0.15) is 5.75 Å². The molecule has 0 aliphatic heterocycles. The number of carbonyl (C=O) groups is 2. The molecule has 0 spiro atoms. The quantitative estimate of drug-likeness (QED) is 0.418. The highest BCUT2D eigenvalue weighted by Gasteiger charge is 2.17. The Kier molecular flexibility index (Phi) is 6.61. The van der Waals surface area contributed by atoms with Crippen molar-refractivity contribution in [1.82, 2.24) is 9.97 Å². The molecular formula is C21H19N3O6S. The van der Waals surface area contributed by atoms with E-state index in [0.717, 1.165) is 18.0 Å². The maximum atomic E-state index is 12.4. The lowest BCUT2D eigenvalue weighted by molar-refractivity contribution is 0.0474. The Bertz CT molecular complexity index is 1180. The number of benzene rings is 2. The zero-order valence-electron chi connectivity index (χ0n) is 16.7. The Morgan fingerprint density at radius 2 is 1.55 bits per heavy atom. The highest BCUT2D eigenvalue weighted by Crippen LogP contribution is 2.14. The Balaban J connectivity index is 1.59. The van der Waals surface area contributed by atoms with E-state index in [-0.39, 0.29) is 22.2 Å². The molecule has 1 N–H and O–H groups in total. The van der Waals surface area contributed by atoms with Crippen molar-refractivity contribution in [2.45, 2.75) is 11.8 Å². The molecule has 1 aromatic heterocycles. The summed E-state index contributed by atoms with van der Waals surface area (Å²) in [6.45, 7) is 1.38. The molecule has 0 saturated carbocycles. The lowest BCUT2D eigenvalue weighted by Gasteiger charge is -2.08. The van der Waals surface area contributed by atoms with Crippen molar-refractivity contribution in [2.75, 3.05) is 18.4 Å². The van der Waals surface area contributed by atoms with Gasteiger partial charge >= 0.3 is 5.97 Å². The van der Waals surface area contributed by atoms with Gasteiger partial charge in [-0.2, -0.15) is 0 Å². The second-order valence-electron chi connectivity index (χ2n) is 6.44. The summed E-state index contributed by atoms with van der Waals surface area (Å²) in [5.41, 5.74) is 1.26. The number of hydrogen-bond acceptors (Lipinski definition) is 8. The van der Waals surface area contributed by atoms with Gasteiger partial charge in [0.15, 0.2) is 12.4 Å². The van der Waals surface area contributed by atoms with Gasteiger partial charge in [0.2, 0.25) is 5.95 Å². The number of aromatic nitrogens is 2. The second-order valence-corrected chi connectivity index (χ2v) is 8.12. The van der Waals surface area contributed by atoms with E-state index >= 15 is 0 Å². The average Bonchev–Trinajstić information content (AvgIpc) is 2.78. The van der Waals surface area contributed by atoms with Crippen LogP contribution in [0.4, 0.5) is 5.95 Å². The monoisotopic (exact) mass is 441 g/mol. The lowest BCUT2D eigenvalue weighted by atomic mass is 10.1. The predicted molar refractivity (Wildman–Crippen MR) is 112 cm³/mol. The summed E-state index contributed by atoms with van der Waals surface area (Å²) in [6, 6.07) is 12.6. The maximum Gasteiger partial charge on any atom is 0.341 e. The Hall–Kier alpha value is -3.79. The van der Waals surface area contributed by atoms with E-state index in [9.17, 15) is 18.0 Å². The van der Waals surface area contributed by atoms with Crippen molar-refractivity contribution in [1.29, 1.82) is 0 Å². The van der Waals surface area contributed by atoms with E-state index in [1.54, 1.807) is 36.4 Å². The molecule has 0 unspecified atom stereocenters. The van der Waals surface area contributed by atoms with Gasteiger partial charge in [0.25, 0.3) is 10.0 Å². The van der Waals surface area contributed by atoms with Crippen molar-refractivity contribution >= 4 is 27.7 Å². The number of anilines is 1. The molecule has 31 heavy (non-hydrogen) atoms. The number of Topliss-reactive ketones (excluding diaryl/α,β-unsaturated/α-hetero) is 1. The minimum Gasteiger partial charge on any atom is -0.497 e. The molecule has 9 nitrogen and oxygen atoms in total. The smallest absolute Gasteiger partial charge is 0.341 e. The summed E-state index contributed by atoms with van der Waals surface area (Å²) < 4.78 is 37.0. The summed E-state index contributed by atoms with van der Waals surface area (Å²) in [6.07, 6.45) is 2.22. The molecule has 0 fully saturated rings. The summed E-state index contributed by atoms with van der Waals surface area (Å²) in [4.78, 5) is 32.0. The van der Waals surface area contributed by atoms with Crippen molar-refractivity contribution in [3.63, 3.8) is 0 Å². The van der Waals surface area contributed by atoms with Crippen LogP contribution in [-0.4, -0.2) is 43.9 Å². The molecule has 0 amide bonds. The number of hydrogen-bond donors (Lipinski definition) is 1. The molecule has 10 heteroatoms. The number of aryl methyl sites for hydroxylation is 1. The molecule has 0 aliphatic rings. The third-order valence-electron chi connectivity index (χ3n) is 4.19. The van der Waals surface area contributed by atoms with Crippen LogP contribution in [0.25, 0.3) is 0 Å². The lowest BCUT2D eigenvalue weighted by Crippen LogP contribution is -2.17. The van der Waals surface area contributed by atoms with E-state index in [0.29, 0.717) is 11.3 Å². The van der Waals surface area contributed by atoms with Crippen LogP contribution in [0, 0.1) is 6.92 Å². The molecule has 0 aliphatic carbocycles. The van der Waals surface area contributed by atoms with E-state index in [1.165, 1.54) is 19.2 Å². The fourth-order valence-corrected chi connectivity index (χ4v) is 3.42. The summed E-state index contributed by atoms with van der Waals surface area (Å²) in [5.74, 6) is -0.801. The first-order valence-electron chi connectivity index (χ1n) is 9.04. The van der Waals surface area contributed by atoms with Crippen LogP contribution in [0.3, 0.4) is 0 Å². The van der Waals surface area contributed by atoms with Crippen LogP contribution < -0.4 is 9.46 Å². The van der Waals surface area contributed by atoms with Gasteiger partial charge in [-0.1, -0.05) is 17.7 Å². The molecular weight excluding hydrogens is 422 g/mol. The number of nitrogens with zero attached hydrogens (tertiary/aromatic N) is 2.